The van der Waals surface area contributed by atoms with E-state index >= 15 is 0 Å². The second-order valence-corrected chi connectivity index (χ2v) is 8.00. The molecule has 0 saturated heterocycles. The minimum atomic E-state index is -0.503. The monoisotopic (exact) mass is 287 g/mol. The fraction of sp³-hybridized carbons (Fsp3) is 0.684. The number of hydrogen-bond acceptors (Lipinski definition) is 2. The van der Waals surface area contributed by atoms with Gasteiger partial charge in [0.2, 0.25) is 0 Å². The average Bonchev–Trinajstić information content (AvgIpc) is 3.29. The van der Waals surface area contributed by atoms with Crippen molar-refractivity contribution < 1.29 is 5.11 Å². The van der Waals surface area contributed by atoms with Crippen LogP contribution in [0.1, 0.15) is 64.0 Å². The molecule has 0 aliphatic heterocycles. The average molecular weight is 287 g/mol. The molecule has 0 bridgehead atoms. The molecule has 2 fully saturated rings. The van der Waals surface area contributed by atoms with Gasteiger partial charge in [-0.05, 0) is 55.4 Å². The third kappa shape index (κ3) is 3.87. The van der Waals surface area contributed by atoms with Crippen molar-refractivity contribution in [2.24, 2.45) is 11.3 Å². The van der Waals surface area contributed by atoms with E-state index in [4.69, 9.17) is 0 Å². The molecule has 0 spiro atoms. The van der Waals surface area contributed by atoms with Gasteiger partial charge in [-0.2, -0.15) is 0 Å². The zero-order chi connectivity index (χ0) is 14.9. The Morgan fingerprint density at radius 1 is 1.10 bits per heavy atom. The summed E-state index contributed by atoms with van der Waals surface area (Å²) in [6.07, 6.45) is 6.75. The maximum atomic E-state index is 10.8. The Morgan fingerprint density at radius 3 is 2.29 bits per heavy atom. The summed E-state index contributed by atoms with van der Waals surface area (Å²) in [6.45, 7) is 5.37. The van der Waals surface area contributed by atoms with E-state index in [2.05, 4.69) is 49.5 Å². The lowest BCUT2D eigenvalue weighted by Crippen LogP contribution is -2.46. The Balaban J connectivity index is 1.60. The minimum absolute atomic E-state index is 0.404. The zero-order valence-corrected chi connectivity index (χ0v) is 13.4. The van der Waals surface area contributed by atoms with Crippen LogP contribution in [0.3, 0.4) is 0 Å². The SMILES string of the molecule is CC1(C)CCC(O)(CNC(c2ccccc2)C2CC2)CC1. The molecule has 3 rings (SSSR count). The largest absolute Gasteiger partial charge is 0.389 e. The summed E-state index contributed by atoms with van der Waals surface area (Å²) in [5.41, 5.74) is 1.28. The second-order valence-electron chi connectivity index (χ2n) is 8.00. The van der Waals surface area contributed by atoms with Gasteiger partial charge < -0.3 is 10.4 Å². The van der Waals surface area contributed by atoms with E-state index in [1.807, 2.05) is 0 Å². The molecule has 2 heteroatoms. The molecule has 2 aliphatic carbocycles. The van der Waals surface area contributed by atoms with Crippen molar-refractivity contribution in [2.75, 3.05) is 6.54 Å². The molecule has 1 atom stereocenters. The Bertz CT molecular complexity index is 454. The number of hydrogen-bond donors (Lipinski definition) is 2. The zero-order valence-electron chi connectivity index (χ0n) is 13.4. The molecule has 1 unspecified atom stereocenters. The van der Waals surface area contributed by atoms with Crippen molar-refractivity contribution in [3.8, 4) is 0 Å². The van der Waals surface area contributed by atoms with Gasteiger partial charge in [-0.1, -0.05) is 44.2 Å². The molecule has 0 aromatic heterocycles. The molecule has 0 radical (unpaired) electrons. The highest BCUT2D eigenvalue weighted by atomic mass is 16.3. The van der Waals surface area contributed by atoms with Crippen LogP contribution in [0.15, 0.2) is 30.3 Å². The normalized spacial score (nSPS) is 25.5. The predicted octanol–water partition coefficient (Wildman–Crippen LogP) is 4.06. The molecule has 2 N–H and O–H groups in total. The Morgan fingerprint density at radius 2 is 1.71 bits per heavy atom. The summed E-state index contributed by atoms with van der Waals surface area (Å²) in [5.74, 6) is 0.760. The molecule has 116 valence electrons. The quantitative estimate of drug-likeness (QED) is 0.856. The number of nitrogens with one attached hydrogen (secondary N) is 1. The number of rotatable bonds is 5. The first-order chi connectivity index (χ1) is 9.98. The number of benzene rings is 1. The molecule has 2 saturated carbocycles. The van der Waals surface area contributed by atoms with Gasteiger partial charge in [0, 0.05) is 12.6 Å². The summed E-state index contributed by atoms with van der Waals surface area (Å²) in [4.78, 5) is 0. The van der Waals surface area contributed by atoms with E-state index < -0.39 is 5.60 Å². The van der Waals surface area contributed by atoms with Gasteiger partial charge in [0.05, 0.1) is 5.60 Å². The summed E-state index contributed by atoms with van der Waals surface area (Å²) in [6, 6.07) is 11.2. The Kier molecular flexibility index (Phi) is 4.11. The molecular formula is C19H29NO. The maximum Gasteiger partial charge on any atom is 0.0772 e. The van der Waals surface area contributed by atoms with E-state index in [0.29, 0.717) is 11.5 Å². The van der Waals surface area contributed by atoms with Crippen molar-refractivity contribution in [3.05, 3.63) is 35.9 Å². The lowest BCUT2D eigenvalue weighted by molar-refractivity contribution is -0.0265. The van der Waals surface area contributed by atoms with E-state index in [1.165, 1.54) is 18.4 Å². The predicted molar refractivity (Wildman–Crippen MR) is 87.1 cm³/mol. The van der Waals surface area contributed by atoms with Crippen LogP contribution in [0, 0.1) is 11.3 Å². The molecule has 21 heavy (non-hydrogen) atoms. The van der Waals surface area contributed by atoms with Gasteiger partial charge in [0.1, 0.15) is 0 Å². The molecule has 2 nitrogen and oxygen atoms in total. The lowest BCUT2D eigenvalue weighted by atomic mass is 9.71. The highest BCUT2D eigenvalue weighted by Crippen LogP contribution is 2.43. The molecular weight excluding hydrogens is 258 g/mol. The van der Waals surface area contributed by atoms with E-state index in [1.54, 1.807) is 0 Å². The second kappa shape index (κ2) is 5.73. The molecule has 1 aromatic rings. The summed E-state index contributed by atoms with van der Waals surface area (Å²) in [5, 5.41) is 14.5. The first-order valence-electron chi connectivity index (χ1n) is 8.48. The maximum absolute atomic E-state index is 10.8. The van der Waals surface area contributed by atoms with Gasteiger partial charge in [0.25, 0.3) is 0 Å². The van der Waals surface area contributed by atoms with Crippen LogP contribution >= 0.6 is 0 Å². The Labute approximate surface area is 129 Å². The van der Waals surface area contributed by atoms with E-state index in [-0.39, 0.29) is 0 Å². The van der Waals surface area contributed by atoms with Crippen LogP contribution in [0.5, 0.6) is 0 Å². The van der Waals surface area contributed by atoms with Crippen molar-refractivity contribution in [1.29, 1.82) is 0 Å². The summed E-state index contributed by atoms with van der Waals surface area (Å²) in [7, 11) is 0. The van der Waals surface area contributed by atoms with Gasteiger partial charge in [-0.15, -0.1) is 0 Å². The standard InChI is InChI=1S/C19H29NO/c1-18(2)10-12-19(21,13-11-18)14-20-17(16-8-9-16)15-6-4-3-5-7-15/h3-7,16-17,20-21H,8-14H2,1-2H3. The van der Waals surface area contributed by atoms with Crippen LogP contribution < -0.4 is 5.32 Å². The fourth-order valence-corrected chi connectivity index (χ4v) is 3.52. The van der Waals surface area contributed by atoms with E-state index in [0.717, 1.165) is 38.1 Å². The third-order valence-corrected chi connectivity index (χ3v) is 5.44. The van der Waals surface area contributed by atoms with Crippen LogP contribution in [0.2, 0.25) is 0 Å². The first-order valence-corrected chi connectivity index (χ1v) is 8.48. The number of aliphatic hydroxyl groups is 1. The topological polar surface area (TPSA) is 32.3 Å². The van der Waals surface area contributed by atoms with Crippen LogP contribution in [-0.4, -0.2) is 17.3 Å². The lowest BCUT2D eigenvalue weighted by Gasteiger charge is -2.41. The van der Waals surface area contributed by atoms with Crippen LogP contribution in [-0.2, 0) is 0 Å². The third-order valence-electron chi connectivity index (χ3n) is 5.44. The molecule has 0 heterocycles. The molecule has 2 aliphatic rings. The summed E-state index contributed by atoms with van der Waals surface area (Å²) >= 11 is 0. The van der Waals surface area contributed by atoms with Crippen molar-refractivity contribution in [2.45, 2.75) is 64.0 Å². The highest BCUT2D eigenvalue weighted by Gasteiger charge is 2.38. The Hall–Kier alpha value is -0.860. The minimum Gasteiger partial charge on any atom is -0.389 e. The summed E-state index contributed by atoms with van der Waals surface area (Å²) < 4.78 is 0. The molecule has 1 aromatic carbocycles. The van der Waals surface area contributed by atoms with Crippen molar-refractivity contribution >= 4 is 0 Å². The van der Waals surface area contributed by atoms with Crippen molar-refractivity contribution in [1.82, 2.24) is 5.32 Å². The van der Waals surface area contributed by atoms with Gasteiger partial charge in [0.15, 0.2) is 0 Å². The fourth-order valence-electron chi connectivity index (χ4n) is 3.52. The van der Waals surface area contributed by atoms with Crippen molar-refractivity contribution in [3.63, 3.8) is 0 Å². The highest BCUT2D eigenvalue weighted by molar-refractivity contribution is 5.21. The molecule has 0 amide bonds. The van der Waals surface area contributed by atoms with Crippen LogP contribution in [0.4, 0.5) is 0 Å². The smallest absolute Gasteiger partial charge is 0.0772 e. The van der Waals surface area contributed by atoms with E-state index in [9.17, 15) is 5.11 Å². The first kappa shape index (κ1) is 15.1. The van der Waals surface area contributed by atoms with Crippen LogP contribution in [0.25, 0.3) is 0 Å². The van der Waals surface area contributed by atoms with Gasteiger partial charge in [-0.25, -0.2) is 0 Å². The van der Waals surface area contributed by atoms with Gasteiger partial charge >= 0.3 is 0 Å². The van der Waals surface area contributed by atoms with Gasteiger partial charge in [-0.3, -0.25) is 0 Å².